The van der Waals surface area contributed by atoms with Gasteiger partial charge >= 0.3 is 257 Å². The van der Waals surface area contributed by atoms with Gasteiger partial charge in [-0.05, 0) is 0 Å². The molecule has 12 nitrogen and oxygen atoms in total. The quantitative estimate of drug-likeness (QED) is 0.211. The Kier molecular flexibility index (Phi) is 9.06. The van der Waals surface area contributed by atoms with E-state index in [9.17, 15) is 19.8 Å². The first-order valence-electron chi connectivity index (χ1n) is 14.6. The van der Waals surface area contributed by atoms with Gasteiger partial charge in [0.15, 0.2) is 0 Å². The van der Waals surface area contributed by atoms with Crippen LogP contribution >= 0.6 is 0 Å². The zero-order valence-corrected chi connectivity index (χ0v) is 27.4. The van der Waals surface area contributed by atoms with Crippen molar-refractivity contribution in [1.29, 1.82) is 0 Å². The topological polar surface area (TPSA) is 173 Å². The fraction of sp³-hybridized carbons (Fsp3) is 0.235. The molecule has 0 atom stereocenters. The standard InChI is InChI=1S/C34H34N4O4.Fe.HNO3/c1-7-21-17(3)25-13-26-19(5)23(9-11-33(39)40)31(37-26)16-32-24(10-12-34(41)42)20(6)28(38-32)15-30-22(8-2)18(4)27(36-30)14-29(21)35-25;;2-1(3)4/h7-8,13-16H,1-2,9-12H2,3-6H3,(H4,35,36,37,38,39,40,41,42);;(H,2,3,4)/q;+2;/p-2/b25-13?,26-13-,27-14?,28-15-,29-14-,30-15?,31-16-,32-16?;;. The molecule has 2 aromatic heterocycles. The Morgan fingerprint density at radius 3 is 2.06 bits per heavy atom. The monoisotopic (exact) mass is 679 g/mol. The summed E-state index contributed by atoms with van der Waals surface area (Å²) >= 11 is 0.463. The second-order valence-corrected chi connectivity index (χ2v) is 12.4. The largest absolute Gasteiger partial charge is 0.328 e. The Bertz CT molecular complexity index is 2130. The number of rotatable bonds is 8. The molecule has 0 aromatic carbocycles. The van der Waals surface area contributed by atoms with Crippen molar-refractivity contribution in [2.24, 2.45) is 9.98 Å². The molecule has 244 valence electrons. The number of allylic oxidation sites excluding steroid dienone is 4. The van der Waals surface area contributed by atoms with Gasteiger partial charge in [-0.25, -0.2) is 0 Å². The zero-order chi connectivity index (χ0) is 34.3. The molecule has 6 rings (SSSR count). The third-order valence-corrected chi connectivity index (χ3v) is 10.1. The van der Waals surface area contributed by atoms with Crippen LogP contribution in [0, 0.1) is 24.0 Å². The molecule has 13 heteroatoms. The molecule has 3 N–H and O–H groups in total. The minimum absolute atomic E-state index is 0.0140. The van der Waals surface area contributed by atoms with E-state index in [1.807, 2.05) is 39.0 Å². The van der Waals surface area contributed by atoms with Crippen molar-refractivity contribution in [3.8, 4) is 0 Å². The van der Waals surface area contributed by atoms with Crippen LogP contribution in [-0.2, 0) is 31.4 Å². The Morgan fingerprint density at radius 1 is 0.851 bits per heavy atom. The number of hydrogen-bond donors (Lipinski definition) is 3. The van der Waals surface area contributed by atoms with Gasteiger partial charge in [-0.15, -0.1) is 10.1 Å². The van der Waals surface area contributed by atoms with Crippen molar-refractivity contribution in [1.82, 2.24) is 7.17 Å². The molecule has 0 saturated heterocycles. The van der Waals surface area contributed by atoms with Gasteiger partial charge in [0.25, 0.3) is 5.09 Å². The Morgan fingerprint density at radius 2 is 1.45 bits per heavy atom. The number of aliphatic imine (C=N–C) groups is 2. The van der Waals surface area contributed by atoms with Gasteiger partial charge in [-0.1, -0.05) is 0 Å². The first-order chi connectivity index (χ1) is 22.3. The molecule has 4 aliphatic rings. The predicted molar refractivity (Wildman–Crippen MR) is 175 cm³/mol. The summed E-state index contributed by atoms with van der Waals surface area (Å²) in [4.78, 5) is 41.8. The van der Waals surface area contributed by atoms with Crippen LogP contribution in [0.1, 0.15) is 66.8 Å². The van der Waals surface area contributed by atoms with Crippen LogP contribution in [0.2, 0.25) is 0 Å². The number of carbonyl (C=O) groups is 2. The predicted octanol–water partition coefficient (Wildman–Crippen LogP) is 4.39. The minimum Gasteiger partial charge on any atom is -0.328 e. The summed E-state index contributed by atoms with van der Waals surface area (Å²) in [7, 11) is 0. The first kappa shape index (κ1) is 33.1. The third-order valence-electron chi connectivity index (χ3n) is 8.55. The molecule has 0 fully saturated rings. The average molecular weight is 680 g/mol. The van der Waals surface area contributed by atoms with Gasteiger partial charge in [-0.3, -0.25) is 0 Å². The van der Waals surface area contributed by atoms with Gasteiger partial charge in [-0.2, -0.15) is 0 Å². The molecule has 6 heterocycles. The molecular formula is C34H33FeN5O7. The van der Waals surface area contributed by atoms with Crippen LogP contribution in [0.25, 0.3) is 30.4 Å². The SMILES string of the molecule is C=CC1=C(C)C2=NC/1=C\c1c(C)c(C=C)c3[n]1[Fe][n]1/c(c(C)c(CCC(=O)O)/c1=C/C1=NC(=C\3)/C(C)=C1CCC(=O)O)=C\2.O=[N+]([O-])O. The maximum absolute atomic E-state index is 11.8. The minimum atomic E-state index is -1.50. The smallest absolute Gasteiger partial charge is 0.291 e. The number of aromatic nitrogens is 2. The van der Waals surface area contributed by atoms with Gasteiger partial charge in [0.1, 0.15) is 0 Å². The molecule has 0 unspecified atom stereocenters. The molecule has 0 radical (unpaired) electrons. The van der Waals surface area contributed by atoms with Crippen LogP contribution in [-0.4, -0.2) is 51.0 Å². The number of fused-ring (bicyclic) bond motifs is 2. The van der Waals surface area contributed by atoms with Crippen LogP contribution in [0.3, 0.4) is 0 Å². The van der Waals surface area contributed by atoms with Gasteiger partial charge in [0.05, 0.1) is 0 Å². The number of hydrogen-bond acceptors (Lipinski definition) is 6. The van der Waals surface area contributed by atoms with E-state index in [1.165, 1.54) is 0 Å². The summed E-state index contributed by atoms with van der Waals surface area (Å²) < 4.78 is 4.47. The molecule has 4 aliphatic heterocycles. The van der Waals surface area contributed by atoms with E-state index in [2.05, 4.69) is 45.5 Å². The van der Waals surface area contributed by atoms with E-state index in [4.69, 9.17) is 25.3 Å². The first-order valence-corrected chi connectivity index (χ1v) is 15.6. The van der Waals surface area contributed by atoms with Crippen LogP contribution in [0.5, 0.6) is 0 Å². The second-order valence-electron chi connectivity index (χ2n) is 11.2. The van der Waals surface area contributed by atoms with E-state index in [1.54, 1.807) is 0 Å². The zero-order valence-electron chi connectivity index (χ0n) is 26.3. The summed E-state index contributed by atoms with van der Waals surface area (Å²) in [6, 6.07) is 0. The summed E-state index contributed by atoms with van der Waals surface area (Å²) in [5.74, 6) is -1.74. The summed E-state index contributed by atoms with van der Waals surface area (Å²) in [5.41, 5.74) is 12.9. The Hall–Kier alpha value is -5.26. The Balaban J connectivity index is 0.00000103. The summed E-state index contributed by atoms with van der Waals surface area (Å²) in [5, 5.41) is 34.6. The molecule has 2 aromatic rings. The van der Waals surface area contributed by atoms with E-state index in [0.29, 0.717) is 33.9 Å². The van der Waals surface area contributed by atoms with E-state index < -0.39 is 17.0 Å². The molecule has 6 bridgehead atoms. The van der Waals surface area contributed by atoms with E-state index in [-0.39, 0.29) is 12.8 Å². The maximum Gasteiger partial charge on any atom is 0.291 e. The second kappa shape index (κ2) is 12.9. The fourth-order valence-corrected chi connectivity index (χ4v) is 7.77. The van der Waals surface area contributed by atoms with Crippen molar-refractivity contribution in [3.05, 3.63) is 107 Å². The maximum atomic E-state index is 11.8. The number of carboxylic acids is 2. The average Bonchev–Trinajstić information content (AvgIpc) is 3.62. The van der Waals surface area contributed by atoms with E-state index >= 15 is 0 Å². The van der Waals surface area contributed by atoms with Crippen molar-refractivity contribution < 1.29 is 45.5 Å². The molecule has 0 saturated carbocycles. The molecule has 0 aliphatic carbocycles. The molecule has 0 amide bonds. The molecule has 47 heavy (non-hydrogen) atoms. The molecular weight excluding hydrogens is 646 g/mol. The van der Waals surface area contributed by atoms with Crippen LogP contribution in [0.15, 0.2) is 62.9 Å². The number of aliphatic carboxylic acids is 2. The number of carboxylic acid groups (broad SMARTS) is 2. The fourth-order valence-electron chi connectivity index (χ4n) is 6.14. The van der Waals surface area contributed by atoms with Crippen molar-refractivity contribution in [2.45, 2.75) is 53.4 Å². The number of nitrogens with zero attached hydrogens (tertiary/aromatic N) is 5. The van der Waals surface area contributed by atoms with Crippen molar-refractivity contribution in [2.75, 3.05) is 0 Å². The Labute approximate surface area is 276 Å². The van der Waals surface area contributed by atoms with Gasteiger partial charge < -0.3 is 5.21 Å². The summed E-state index contributed by atoms with van der Waals surface area (Å²) in [6.45, 7) is 16.4. The van der Waals surface area contributed by atoms with Crippen LogP contribution < -0.4 is 10.7 Å². The molecule has 0 spiro atoms. The summed E-state index contributed by atoms with van der Waals surface area (Å²) in [6.07, 6.45) is 12.7. The van der Waals surface area contributed by atoms with Gasteiger partial charge in [0, 0.05) is 0 Å². The van der Waals surface area contributed by atoms with Crippen molar-refractivity contribution >= 4 is 53.7 Å². The normalized spacial score (nSPS) is 19.5. The van der Waals surface area contributed by atoms with Crippen LogP contribution in [0.4, 0.5) is 0 Å². The van der Waals surface area contributed by atoms with Gasteiger partial charge in [0.2, 0.25) is 0 Å². The van der Waals surface area contributed by atoms with E-state index in [0.717, 1.165) is 83.7 Å². The van der Waals surface area contributed by atoms with Crippen molar-refractivity contribution in [3.63, 3.8) is 0 Å². The third kappa shape index (κ3) is 6.02.